The number of aromatic nitrogens is 1. The molecule has 0 bridgehead atoms. The second kappa shape index (κ2) is 13.0. The van der Waals surface area contributed by atoms with E-state index in [9.17, 15) is 0 Å². The van der Waals surface area contributed by atoms with Crippen LogP contribution >= 0.6 is 0 Å². The molecule has 1 heterocycles. The van der Waals surface area contributed by atoms with Crippen LogP contribution in [0.2, 0.25) is 0 Å². The van der Waals surface area contributed by atoms with E-state index >= 15 is 0 Å². The van der Waals surface area contributed by atoms with Gasteiger partial charge in [0.05, 0.1) is 11.4 Å². The second-order valence-corrected chi connectivity index (χ2v) is 15.9. The molecule has 0 amide bonds. The summed E-state index contributed by atoms with van der Waals surface area (Å²) in [5, 5.41) is 7.42. The van der Waals surface area contributed by atoms with E-state index in [1.165, 1.54) is 82.4 Å². The van der Waals surface area contributed by atoms with E-state index in [-0.39, 0.29) is 5.41 Å². The van der Waals surface area contributed by atoms with E-state index in [1.54, 1.807) is 0 Å². The highest BCUT2D eigenvalue weighted by atomic mass is 14.7. The number of hydrogen-bond acceptors (Lipinski definition) is 1. The number of benzene rings is 9. The van der Waals surface area contributed by atoms with Crippen LogP contribution in [0.1, 0.15) is 25.0 Å². The Hall–Kier alpha value is -7.09. The lowest BCUT2D eigenvalue weighted by molar-refractivity contribution is 0.660. The van der Waals surface area contributed by atoms with Crippen LogP contribution in [0, 0.1) is 0 Å². The van der Waals surface area contributed by atoms with Gasteiger partial charge >= 0.3 is 0 Å². The molecule has 0 spiro atoms. The minimum Gasteiger partial charge on any atom is -0.248 e. The summed E-state index contributed by atoms with van der Waals surface area (Å²) in [5.41, 5.74) is 16.7. The van der Waals surface area contributed by atoms with Crippen molar-refractivity contribution >= 4 is 32.3 Å². The second-order valence-electron chi connectivity index (χ2n) is 15.9. The van der Waals surface area contributed by atoms with Crippen molar-refractivity contribution < 1.29 is 0 Å². The number of pyridine rings is 1. The Morgan fingerprint density at radius 2 is 0.842 bits per heavy atom. The van der Waals surface area contributed by atoms with Gasteiger partial charge in [-0.05, 0) is 118 Å². The van der Waals surface area contributed by atoms with Gasteiger partial charge in [-0.1, -0.05) is 184 Å². The first kappa shape index (κ1) is 33.3. The molecule has 0 unspecified atom stereocenters. The van der Waals surface area contributed by atoms with Gasteiger partial charge in [0.25, 0.3) is 0 Å². The van der Waals surface area contributed by atoms with Gasteiger partial charge in [-0.3, -0.25) is 0 Å². The Morgan fingerprint density at radius 3 is 1.56 bits per heavy atom. The summed E-state index contributed by atoms with van der Waals surface area (Å²) in [4.78, 5) is 5.27. The van der Waals surface area contributed by atoms with Gasteiger partial charge in [0.1, 0.15) is 0 Å². The van der Waals surface area contributed by atoms with E-state index in [0.717, 1.165) is 28.1 Å². The Labute approximate surface area is 333 Å². The molecule has 0 radical (unpaired) electrons. The van der Waals surface area contributed by atoms with Crippen molar-refractivity contribution in [1.29, 1.82) is 0 Å². The Kier molecular flexibility index (Phi) is 7.59. The van der Waals surface area contributed by atoms with Crippen molar-refractivity contribution in [2.75, 3.05) is 0 Å². The van der Waals surface area contributed by atoms with Gasteiger partial charge in [-0.25, -0.2) is 4.98 Å². The van der Waals surface area contributed by atoms with Crippen LogP contribution < -0.4 is 0 Å². The van der Waals surface area contributed by atoms with Gasteiger partial charge in [0, 0.05) is 16.5 Å². The minimum absolute atomic E-state index is 0.109. The number of nitrogens with zero attached hydrogens (tertiary/aromatic N) is 1. The largest absolute Gasteiger partial charge is 0.248 e. The molecule has 9 aromatic carbocycles. The zero-order valence-electron chi connectivity index (χ0n) is 32.0. The average Bonchev–Trinajstić information content (AvgIpc) is 3.50. The van der Waals surface area contributed by atoms with Crippen molar-refractivity contribution in [3.8, 4) is 67.0 Å². The van der Waals surface area contributed by atoms with Crippen molar-refractivity contribution in [3.63, 3.8) is 0 Å². The molecule has 0 aliphatic heterocycles. The molecule has 1 aliphatic rings. The van der Waals surface area contributed by atoms with E-state index < -0.39 is 0 Å². The Balaban J connectivity index is 1.23. The van der Waals surface area contributed by atoms with Crippen LogP contribution in [0.4, 0.5) is 0 Å². The summed E-state index contributed by atoms with van der Waals surface area (Å²) in [6.45, 7) is 4.74. The molecule has 10 aromatic rings. The monoisotopic (exact) mass is 725 g/mol. The third-order valence-electron chi connectivity index (χ3n) is 12.2. The molecule has 0 N–H and O–H groups in total. The maximum absolute atomic E-state index is 5.27. The highest BCUT2D eigenvalue weighted by Gasteiger charge is 2.35. The quantitative estimate of drug-likeness (QED) is 0.161. The normalized spacial score (nSPS) is 12.9. The minimum atomic E-state index is -0.109. The summed E-state index contributed by atoms with van der Waals surface area (Å²) in [6.07, 6.45) is 0. The van der Waals surface area contributed by atoms with Crippen LogP contribution in [0.15, 0.2) is 200 Å². The van der Waals surface area contributed by atoms with Gasteiger partial charge in [-0.2, -0.15) is 0 Å². The number of rotatable bonds is 5. The van der Waals surface area contributed by atoms with E-state index in [2.05, 4.69) is 214 Å². The highest BCUT2D eigenvalue weighted by molar-refractivity contribution is 6.22. The van der Waals surface area contributed by atoms with Gasteiger partial charge in [-0.15, -0.1) is 0 Å². The molecule has 57 heavy (non-hydrogen) atoms. The third kappa shape index (κ3) is 5.42. The summed E-state index contributed by atoms with van der Waals surface area (Å²) in [6, 6.07) is 73.4. The fourth-order valence-electron chi connectivity index (χ4n) is 9.40. The number of fused-ring (bicyclic) bond motifs is 6. The summed E-state index contributed by atoms with van der Waals surface area (Å²) in [7, 11) is 0. The van der Waals surface area contributed by atoms with Crippen LogP contribution in [0.5, 0.6) is 0 Å². The average molecular weight is 726 g/mol. The smallest absolute Gasteiger partial charge is 0.0715 e. The lowest BCUT2D eigenvalue weighted by Gasteiger charge is -2.23. The van der Waals surface area contributed by atoms with Crippen LogP contribution in [-0.4, -0.2) is 4.98 Å². The van der Waals surface area contributed by atoms with Crippen molar-refractivity contribution in [1.82, 2.24) is 4.98 Å². The topological polar surface area (TPSA) is 12.9 Å². The Bertz CT molecular complexity index is 3130. The Morgan fingerprint density at radius 1 is 0.316 bits per heavy atom. The summed E-state index contributed by atoms with van der Waals surface area (Å²) >= 11 is 0. The maximum Gasteiger partial charge on any atom is 0.0715 e. The van der Waals surface area contributed by atoms with Crippen molar-refractivity contribution in [3.05, 3.63) is 211 Å². The molecule has 1 heteroatoms. The van der Waals surface area contributed by atoms with Crippen molar-refractivity contribution in [2.45, 2.75) is 19.3 Å². The first-order valence-corrected chi connectivity index (χ1v) is 19.9. The lowest BCUT2D eigenvalue weighted by Crippen LogP contribution is -2.14. The van der Waals surface area contributed by atoms with Crippen LogP contribution in [0.3, 0.4) is 0 Å². The van der Waals surface area contributed by atoms with E-state index in [4.69, 9.17) is 4.98 Å². The lowest BCUT2D eigenvalue weighted by atomic mass is 9.80. The van der Waals surface area contributed by atoms with Gasteiger partial charge in [0.2, 0.25) is 0 Å². The predicted molar refractivity (Wildman–Crippen MR) is 241 cm³/mol. The van der Waals surface area contributed by atoms with Crippen LogP contribution in [0.25, 0.3) is 99.3 Å². The van der Waals surface area contributed by atoms with Crippen LogP contribution in [-0.2, 0) is 5.41 Å². The molecule has 1 nitrogen and oxygen atoms in total. The third-order valence-corrected chi connectivity index (χ3v) is 12.2. The van der Waals surface area contributed by atoms with Gasteiger partial charge in [0.15, 0.2) is 0 Å². The SMILES string of the molecule is CC1(C)c2ccccc2-c2ccc(-c3c4ccccc4c(-c4cc(-c5ccccc5)nc(-c5ccccc5)c4)c4ccc(-c5ccc6ccccc6c5)cc34)cc21. The first-order chi connectivity index (χ1) is 28.0. The molecule has 0 atom stereocenters. The van der Waals surface area contributed by atoms with E-state index in [0.29, 0.717) is 0 Å². The molecule has 1 aromatic heterocycles. The van der Waals surface area contributed by atoms with Crippen molar-refractivity contribution in [2.24, 2.45) is 0 Å². The van der Waals surface area contributed by atoms with E-state index in [1.807, 2.05) is 0 Å². The molecule has 11 rings (SSSR count). The molecule has 0 saturated heterocycles. The molecule has 1 aliphatic carbocycles. The molecular weight excluding hydrogens is 687 g/mol. The maximum atomic E-state index is 5.27. The highest BCUT2D eigenvalue weighted by Crippen LogP contribution is 2.52. The number of hydrogen-bond donors (Lipinski definition) is 0. The fraction of sp³-hybridized carbons (Fsp3) is 0.0536. The zero-order chi connectivity index (χ0) is 38.1. The molecular formula is C56H39N. The summed E-state index contributed by atoms with van der Waals surface area (Å²) in [5.74, 6) is 0. The summed E-state index contributed by atoms with van der Waals surface area (Å²) < 4.78 is 0. The predicted octanol–water partition coefficient (Wildman–Crippen LogP) is 15.2. The standard InChI is InChI=1S/C56H39N/c1-56(2)50-24-14-13-21-44(50)45-29-28-42(33-51(45)56)54-46-22-11-12-23-47(46)55(48-30-27-41(32-49(48)54)40-26-25-36-15-9-10-20-39(36)31-40)43-34-52(37-16-5-3-6-17-37)57-53(35-43)38-18-7-4-8-19-38/h3-35H,1-2H3. The zero-order valence-corrected chi connectivity index (χ0v) is 32.0. The molecule has 0 fully saturated rings. The molecule has 268 valence electrons. The molecule has 0 saturated carbocycles. The fourth-order valence-corrected chi connectivity index (χ4v) is 9.40. The van der Waals surface area contributed by atoms with Gasteiger partial charge < -0.3 is 0 Å². The first-order valence-electron chi connectivity index (χ1n) is 19.9.